The van der Waals surface area contributed by atoms with Gasteiger partial charge >= 0.3 is 42.7 Å². The van der Waals surface area contributed by atoms with Crippen molar-refractivity contribution in [1.29, 1.82) is 0 Å². The Labute approximate surface area is 475 Å². The highest BCUT2D eigenvalue weighted by Crippen LogP contribution is 2.54. The fraction of sp³-hybridized carbons (Fsp3) is 0.538. The van der Waals surface area contributed by atoms with Gasteiger partial charge in [0, 0.05) is 24.4 Å². The van der Waals surface area contributed by atoms with Crippen molar-refractivity contribution in [3.63, 3.8) is 0 Å². The van der Waals surface area contributed by atoms with Crippen molar-refractivity contribution in [2.45, 2.75) is 105 Å². The largest absolute Gasteiger partial charge is 0.472 e. The molecule has 47 heteroatoms. The number of ether oxygens (including phenoxy) is 4. The minimum Gasteiger partial charge on any atom is -0.390 e. The highest BCUT2D eigenvalue weighted by atomic mass is 31.2. The van der Waals surface area contributed by atoms with Crippen LogP contribution in [0.4, 0.5) is 17.6 Å². The van der Waals surface area contributed by atoms with Gasteiger partial charge in [-0.15, -0.1) is 0 Å². The van der Waals surface area contributed by atoms with E-state index in [1.54, 1.807) is 0 Å². The maximum Gasteiger partial charge on any atom is 0.472 e. The molecule has 6 aromatic rings. The standard InChI is InChI=1S/C39H51N15O28P4/c1-13-5-52(39(62)50-32(13)59)20-4-14(55)15(76-20)6-73-84(66,67)82-28-18(79-36(25(28)58)54-12-46-22-31(54)48-37(42)49-33(22)60)9-75-86(70,71)81-27-17(77-34(23(27)56)51-3-2-19(40)47-38(51)61)8-74-85(68,69)80-26-16(7-72-83(63,64)65)78-35(24(26)57)53-11-45-21-29(41)43-10-44-30(21)53/h2-3,5,10-12,14-18,20,23-28,34-36,55-58H,4,6-9H2,1H3,(H,66,67)(H,68,69)(H,70,71)(H2,40,47,61)(H2,41,43,44)(H,50,59,62)(H2,63,64,65)(H3,42,48,49,60)/t14-,15+,16+,17+,18+,20+,23+,24+,25+,26+,27+,28+,34+,35+,36+/m0/s1. The van der Waals surface area contributed by atoms with Crippen molar-refractivity contribution in [3.8, 4) is 0 Å². The minimum absolute atomic E-state index is 0.0163. The fourth-order valence-electron chi connectivity index (χ4n) is 9.51. The van der Waals surface area contributed by atoms with E-state index in [4.69, 9.17) is 63.3 Å². The number of aliphatic hydroxyl groups is 4. The highest BCUT2D eigenvalue weighted by molar-refractivity contribution is 7.48. The van der Waals surface area contributed by atoms with Gasteiger partial charge in [-0.1, -0.05) is 0 Å². The Hall–Kier alpha value is -6.02. The van der Waals surface area contributed by atoms with Crippen LogP contribution in [0.3, 0.4) is 0 Å². The third-order valence-electron chi connectivity index (χ3n) is 13.5. The molecule has 0 aliphatic carbocycles. The first-order valence-electron chi connectivity index (χ1n) is 24.7. The molecule has 17 N–H and O–H groups in total. The number of nitrogen functional groups attached to an aromatic ring is 3. The third kappa shape index (κ3) is 13.4. The lowest BCUT2D eigenvalue weighted by atomic mass is 10.1. The molecular weight excluding hydrogens is 1250 g/mol. The maximum absolute atomic E-state index is 14.0. The summed E-state index contributed by atoms with van der Waals surface area (Å²) in [4.78, 5) is 130. The number of imidazole rings is 2. The SMILES string of the molecule is Cc1cn([C@H]2C[C@H](O)[C@@H](COP(=O)(O)O[C@H]3[C@@H](O)[C@H](n4cnc5c(=O)[nH]c(N)nc54)O[C@@H]3COP(=O)(O)O[C@H]3[C@@H](O)[C@H](n4ccc(N)nc4=O)O[C@@H]3COP(=O)(O)O[C@H]3[C@@H](O)[C@H](n4cnc5c(N)ncnc54)O[C@@H]3COP(=O)(O)O)O2)c(=O)[nH]c1=O. The smallest absolute Gasteiger partial charge is 0.390 e. The number of hydrogen-bond donors (Lipinski definition) is 14. The molecule has 10 rings (SSSR count). The van der Waals surface area contributed by atoms with Crippen LogP contribution in [0.1, 0.15) is 36.9 Å². The van der Waals surface area contributed by atoms with Crippen LogP contribution in [-0.4, -0.2) is 197 Å². The number of nitrogens with zero attached hydrogens (tertiary/aromatic N) is 10. The number of aromatic nitrogens is 12. The topological polar surface area (TPSA) is 627 Å². The fourth-order valence-corrected chi connectivity index (χ4v) is 12.7. The molecule has 4 fully saturated rings. The van der Waals surface area contributed by atoms with Crippen LogP contribution in [0, 0.1) is 6.92 Å². The summed E-state index contributed by atoms with van der Waals surface area (Å²) in [5, 5.41) is 45.5. The number of nitrogens with two attached hydrogens (primary N) is 3. The Kier molecular flexibility index (Phi) is 17.7. The third-order valence-corrected chi connectivity index (χ3v) is 16.9. The molecule has 6 aromatic heterocycles. The number of nitrogens with one attached hydrogen (secondary N) is 2. The second-order valence-electron chi connectivity index (χ2n) is 19.3. The van der Waals surface area contributed by atoms with Crippen molar-refractivity contribution >= 4 is 71.2 Å². The molecule has 4 saturated heterocycles. The zero-order chi connectivity index (χ0) is 62.1. The molecule has 4 aliphatic rings. The Morgan fingerprint density at radius 3 is 1.64 bits per heavy atom. The van der Waals surface area contributed by atoms with Crippen LogP contribution in [0.15, 0.2) is 56.6 Å². The molecule has 10 heterocycles. The van der Waals surface area contributed by atoms with Gasteiger partial charge in [-0.05, 0) is 13.0 Å². The minimum atomic E-state index is -5.78. The molecule has 0 spiro atoms. The number of H-pyrrole nitrogens is 2. The van der Waals surface area contributed by atoms with Crippen molar-refractivity contribution < 1.29 is 114 Å². The summed E-state index contributed by atoms with van der Waals surface area (Å²) < 4.78 is 116. The van der Waals surface area contributed by atoms with E-state index in [2.05, 4.69) is 44.4 Å². The van der Waals surface area contributed by atoms with Gasteiger partial charge in [0.15, 0.2) is 41.3 Å². The number of aliphatic hydroxyl groups excluding tert-OH is 4. The van der Waals surface area contributed by atoms with Crippen LogP contribution in [0.25, 0.3) is 22.3 Å². The van der Waals surface area contributed by atoms with Crippen molar-refractivity contribution in [2.75, 3.05) is 43.6 Å². The Balaban J connectivity index is 0.868. The summed E-state index contributed by atoms with van der Waals surface area (Å²) in [6, 6.07) is 1.08. The van der Waals surface area contributed by atoms with E-state index in [0.29, 0.717) is 4.57 Å². The van der Waals surface area contributed by atoms with Gasteiger partial charge in [0.05, 0.1) is 45.2 Å². The Morgan fingerprint density at radius 2 is 1.10 bits per heavy atom. The quantitative estimate of drug-likeness (QED) is 0.0283. The second-order valence-corrected chi connectivity index (χ2v) is 24.7. The molecule has 0 bridgehead atoms. The van der Waals surface area contributed by atoms with Gasteiger partial charge in [0.1, 0.15) is 84.9 Å². The zero-order valence-corrected chi connectivity index (χ0v) is 47.0. The molecule has 43 nitrogen and oxygen atoms in total. The Bertz CT molecular complexity index is 3970. The number of hydrogen-bond acceptors (Lipinski definition) is 32. The zero-order valence-electron chi connectivity index (χ0n) is 43.4. The van der Waals surface area contributed by atoms with E-state index in [-0.39, 0.29) is 45.9 Å². The van der Waals surface area contributed by atoms with Crippen LogP contribution in [0.5, 0.6) is 0 Å². The summed E-state index contributed by atoms with van der Waals surface area (Å²) in [5.41, 5.74) is 13.0. The van der Waals surface area contributed by atoms with E-state index in [1.165, 1.54) is 6.92 Å². The monoisotopic (exact) mass is 1300 g/mol. The lowest BCUT2D eigenvalue weighted by molar-refractivity contribution is -0.0639. The van der Waals surface area contributed by atoms with Crippen molar-refractivity contribution in [2.24, 2.45) is 0 Å². The molecule has 18 atom stereocenters. The summed E-state index contributed by atoms with van der Waals surface area (Å²) >= 11 is 0. The number of aryl methyl sites for hydroxylation is 1. The second kappa shape index (κ2) is 24.2. The van der Waals surface area contributed by atoms with E-state index in [9.17, 15) is 82.3 Å². The van der Waals surface area contributed by atoms with E-state index in [1.807, 2.05) is 0 Å². The lowest BCUT2D eigenvalue weighted by Gasteiger charge is -2.26. The summed E-state index contributed by atoms with van der Waals surface area (Å²) in [5.74, 6) is -0.855. The number of phosphoric ester groups is 4. The van der Waals surface area contributed by atoms with Crippen LogP contribution in [0.2, 0.25) is 0 Å². The Morgan fingerprint density at radius 1 is 0.605 bits per heavy atom. The van der Waals surface area contributed by atoms with Crippen LogP contribution < -0.4 is 39.7 Å². The van der Waals surface area contributed by atoms with E-state index < -0.39 is 178 Å². The summed E-state index contributed by atoms with van der Waals surface area (Å²) in [7, 11) is -22.2. The number of phosphoric acid groups is 4. The number of fused-ring (bicyclic) bond motifs is 2. The maximum atomic E-state index is 14.0. The van der Waals surface area contributed by atoms with Gasteiger partial charge in [0.2, 0.25) is 5.95 Å². The first kappa shape index (κ1) is 63.0. The summed E-state index contributed by atoms with van der Waals surface area (Å²) in [6.07, 6.45) is -23.3. The molecule has 0 radical (unpaired) electrons. The van der Waals surface area contributed by atoms with Gasteiger partial charge < -0.3 is 81.0 Å². The first-order valence-corrected chi connectivity index (χ1v) is 30.7. The van der Waals surface area contributed by atoms with E-state index in [0.717, 1.165) is 51.1 Å². The summed E-state index contributed by atoms with van der Waals surface area (Å²) in [6.45, 7) is -3.19. The number of anilines is 3. The van der Waals surface area contributed by atoms with Crippen molar-refractivity contribution in [3.05, 3.63) is 84.7 Å². The predicted molar refractivity (Wildman–Crippen MR) is 275 cm³/mol. The van der Waals surface area contributed by atoms with Gasteiger partial charge in [-0.25, -0.2) is 47.8 Å². The average molecular weight is 1300 g/mol. The van der Waals surface area contributed by atoms with Crippen LogP contribution >= 0.6 is 31.3 Å². The molecule has 0 aromatic carbocycles. The molecule has 470 valence electrons. The highest BCUT2D eigenvalue weighted by Gasteiger charge is 2.55. The van der Waals surface area contributed by atoms with E-state index >= 15 is 0 Å². The molecule has 86 heavy (non-hydrogen) atoms. The van der Waals surface area contributed by atoms with Gasteiger partial charge in [-0.3, -0.25) is 69.5 Å². The molecule has 0 amide bonds. The first-order chi connectivity index (χ1) is 40.4. The molecule has 4 aliphatic heterocycles. The van der Waals surface area contributed by atoms with Gasteiger partial charge in [-0.2, -0.15) is 9.97 Å². The van der Waals surface area contributed by atoms with Gasteiger partial charge in [0.25, 0.3) is 11.1 Å². The van der Waals surface area contributed by atoms with Crippen LogP contribution in [-0.2, 0) is 68.9 Å². The van der Waals surface area contributed by atoms with Crippen molar-refractivity contribution in [1.82, 2.24) is 58.1 Å². The normalized spacial score (nSPS) is 30.9. The number of rotatable bonds is 22. The number of aromatic amines is 2. The molecule has 0 saturated carbocycles. The average Bonchev–Trinajstić information content (AvgIpc) is 2.08. The predicted octanol–water partition coefficient (Wildman–Crippen LogP) is -5.14. The molecular formula is C39H51N15O28P4. The lowest BCUT2D eigenvalue weighted by Crippen LogP contribution is -2.39. The molecule has 3 unspecified atom stereocenters.